The molecule has 3 heteroatoms. The highest BCUT2D eigenvalue weighted by Gasteiger charge is 2.11. The molecule has 0 saturated carbocycles. The van der Waals surface area contributed by atoms with Crippen LogP contribution in [-0.4, -0.2) is 13.0 Å². The van der Waals surface area contributed by atoms with Gasteiger partial charge in [-0.3, -0.25) is 4.79 Å². The van der Waals surface area contributed by atoms with Gasteiger partial charge in [-0.25, -0.2) is 0 Å². The Morgan fingerprint density at radius 1 is 1.14 bits per heavy atom. The summed E-state index contributed by atoms with van der Waals surface area (Å²) in [6.45, 7) is 2.06. The van der Waals surface area contributed by atoms with E-state index < -0.39 is 0 Å². The van der Waals surface area contributed by atoms with Crippen LogP contribution in [0.1, 0.15) is 23.1 Å². The van der Waals surface area contributed by atoms with E-state index in [4.69, 9.17) is 5.26 Å². The van der Waals surface area contributed by atoms with Gasteiger partial charge in [0, 0.05) is 19.2 Å². The van der Waals surface area contributed by atoms with Crippen molar-refractivity contribution in [3.05, 3.63) is 65.2 Å². The fourth-order valence-corrected chi connectivity index (χ4v) is 2.20. The van der Waals surface area contributed by atoms with E-state index in [1.165, 1.54) is 11.1 Å². The smallest absolute Gasteiger partial charge is 0.227 e. The molecule has 2 aromatic carbocycles. The lowest BCUT2D eigenvalue weighted by atomic mass is 10.0. The van der Waals surface area contributed by atoms with Crippen LogP contribution in [0.15, 0.2) is 48.5 Å². The third-order valence-corrected chi connectivity index (χ3v) is 3.63. The molecule has 21 heavy (non-hydrogen) atoms. The second-order valence-electron chi connectivity index (χ2n) is 5.04. The molecule has 0 aliphatic heterocycles. The molecule has 0 atom stereocenters. The van der Waals surface area contributed by atoms with Crippen molar-refractivity contribution in [1.29, 1.82) is 5.26 Å². The second kappa shape index (κ2) is 6.71. The first-order valence-corrected chi connectivity index (χ1v) is 6.93. The van der Waals surface area contributed by atoms with Crippen molar-refractivity contribution >= 4 is 11.6 Å². The highest BCUT2D eigenvalue weighted by atomic mass is 16.2. The Morgan fingerprint density at radius 2 is 1.81 bits per heavy atom. The van der Waals surface area contributed by atoms with Crippen LogP contribution in [0.2, 0.25) is 0 Å². The van der Waals surface area contributed by atoms with E-state index >= 15 is 0 Å². The van der Waals surface area contributed by atoms with E-state index in [2.05, 4.69) is 25.1 Å². The highest BCUT2D eigenvalue weighted by molar-refractivity contribution is 5.92. The molecule has 0 unspecified atom stereocenters. The summed E-state index contributed by atoms with van der Waals surface area (Å²) in [6, 6.07) is 17.2. The van der Waals surface area contributed by atoms with E-state index in [-0.39, 0.29) is 5.91 Å². The summed E-state index contributed by atoms with van der Waals surface area (Å²) in [5.41, 5.74) is 3.83. The van der Waals surface area contributed by atoms with Gasteiger partial charge in [-0.2, -0.15) is 5.26 Å². The Hall–Kier alpha value is -2.60. The molecule has 106 valence electrons. The van der Waals surface area contributed by atoms with Gasteiger partial charge in [0.15, 0.2) is 0 Å². The Bertz CT molecular complexity index is 668. The van der Waals surface area contributed by atoms with Gasteiger partial charge in [-0.1, -0.05) is 24.3 Å². The van der Waals surface area contributed by atoms with Gasteiger partial charge in [-0.15, -0.1) is 0 Å². The Morgan fingerprint density at radius 3 is 2.43 bits per heavy atom. The molecule has 0 aliphatic carbocycles. The average molecular weight is 278 g/mol. The minimum atomic E-state index is 0.0722. The van der Waals surface area contributed by atoms with Gasteiger partial charge in [0.05, 0.1) is 11.6 Å². The summed E-state index contributed by atoms with van der Waals surface area (Å²) >= 11 is 0. The SMILES string of the molecule is Cc1ccccc1CCC(=O)N(C)c1ccc(C#N)cc1. The topological polar surface area (TPSA) is 44.1 Å². The summed E-state index contributed by atoms with van der Waals surface area (Å²) in [7, 11) is 1.77. The number of carbonyl (C=O) groups excluding carboxylic acids is 1. The molecular weight excluding hydrogens is 260 g/mol. The van der Waals surface area contributed by atoms with Crippen LogP contribution in [0, 0.1) is 18.3 Å². The number of nitrogens with zero attached hydrogens (tertiary/aromatic N) is 2. The fraction of sp³-hybridized carbons (Fsp3) is 0.222. The molecule has 0 heterocycles. The van der Waals surface area contributed by atoms with Gasteiger partial charge >= 0.3 is 0 Å². The van der Waals surface area contributed by atoms with Gasteiger partial charge in [-0.05, 0) is 48.7 Å². The summed E-state index contributed by atoms with van der Waals surface area (Å²) in [5.74, 6) is 0.0722. The van der Waals surface area contributed by atoms with Crippen molar-refractivity contribution < 1.29 is 4.79 Å². The molecule has 2 aromatic rings. The van der Waals surface area contributed by atoms with Gasteiger partial charge in [0.1, 0.15) is 0 Å². The average Bonchev–Trinajstić information content (AvgIpc) is 2.53. The largest absolute Gasteiger partial charge is 0.315 e. The zero-order valence-corrected chi connectivity index (χ0v) is 12.3. The number of nitriles is 1. The number of hydrogen-bond donors (Lipinski definition) is 0. The Balaban J connectivity index is 1.99. The minimum absolute atomic E-state index is 0.0722. The van der Waals surface area contributed by atoms with E-state index in [0.29, 0.717) is 12.0 Å². The normalized spacial score (nSPS) is 9.95. The van der Waals surface area contributed by atoms with E-state index in [1.54, 1.807) is 36.2 Å². The molecule has 0 bridgehead atoms. The Labute approximate surface area is 125 Å². The molecule has 0 fully saturated rings. The number of amides is 1. The fourth-order valence-electron chi connectivity index (χ4n) is 2.20. The number of carbonyl (C=O) groups is 1. The summed E-state index contributed by atoms with van der Waals surface area (Å²) in [4.78, 5) is 13.9. The molecule has 3 nitrogen and oxygen atoms in total. The summed E-state index contributed by atoms with van der Waals surface area (Å²) < 4.78 is 0. The first-order chi connectivity index (χ1) is 10.1. The standard InChI is InChI=1S/C18H18N2O/c1-14-5-3-4-6-16(14)9-12-18(21)20(2)17-10-7-15(13-19)8-11-17/h3-8,10-11H,9,12H2,1-2H3. The number of aryl methyl sites for hydroxylation is 2. The van der Waals surface area contributed by atoms with Crippen LogP contribution in [0.3, 0.4) is 0 Å². The number of benzene rings is 2. The quantitative estimate of drug-likeness (QED) is 0.859. The first-order valence-electron chi connectivity index (χ1n) is 6.93. The molecule has 0 aliphatic rings. The van der Waals surface area contributed by atoms with Crippen LogP contribution in [-0.2, 0) is 11.2 Å². The van der Waals surface area contributed by atoms with E-state index in [1.807, 2.05) is 12.1 Å². The third kappa shape index (κ3) is 3.70. The highest BCUT2D eigenvalue weighted by Crippen LogP contribution is 2.16. The predicted octanol–water partition coefficient (Wildman–Crippen LogP) is 3.46. The summed E-state index contributed by atoms with van der Waals surface area (Å²) in [5, 5.41) is 8.78. The Kier molecular flexibility index (Phi) is 4.73. The minimum Gasteiger partial charge on any atom is -0.315 e. The molecule has 0 aromatic heterocycles. The lowest BCUT2D eigenvalue weighted by molar-refractivity contribution is -0.118. The van der Waals surface area contributed by atoms with Crippen LogP contribution < -0.4 is 4.90 Å². The first kappa shape index (κ1) is 14.8. The van der Waals surface area contributed by atoms with Crippen molar-refractivity contribution in [3.8, 4) is 6.07 Å². The molecule has 0 radical (unpaired) electrons. The monoisotopic (exact) mass is 278 g/mol. The van der Waals surface area contributed by atoms with Crippen LogP contribution >= 0.6 is 0 Å². The van der Waals surface area contributed by atoms with Crippen molar-refractivity contribution in [1.82, 2.24) is 0 Å². The zero-order chi connectivity index (χ0) is 15.2. The number of hydrogen-bond acceptors (Lipinski definition) is 2. The molecule has 0 N–H and O–H groups in total. The number of rotatable bonds is 4. The maximum atomic E-state index is 12.2. The molecule has 1 amide bonds. The molecular formula is C18H18N2O. The van der Waals surface area contributed by atoms with E-state index in [9.17, 15) is 4.79 Å². The number of anilines is 1. The lowest BCUT2D eigenvalue weighted by Gasteiger charge is -2.17. The van der Waals surface area contributed by atoms with Crippen LogP contribution in [0.5, 0.6) is 0 Å². The predicted molar refractivity (Wildman–Crippen MR) is 84.1 cm³/mol. The van der Waals surface area contributed by atoms with Crippen molar-refractivity contribution in [2.24, 2.45) is 0 Å². The van der Waals surface area contributed by atoms with Crippen molar-refractivity contribution in [2.45, 2.75) is 19.8 Å². The summed E-state index contributed by atoms with van der Waals surface area (Å²) in [6.07, 6.45) is 1.22. The van der Waals surface area contributed by atoms with Gasteiger partial charge < -0.3 is 4.90 Å². The molecule has 2 rings (SSSR count). The molecule has 0 spiro atoms. The second-order valence-corrected chi connectivity index (χ2v) is 5.04. The van der Waals surface area contributed by atoms with Crippen molar-refractivity contribution in [3.63, 3.8) is 0 Å². The molecule has 0 saturated heterocycles. The maximum Gasteiger partial charge on any atom is 0.227 e. The van der Waals surface area contributed by atoms with Gasteiger partial charge in [0.25, 0.3) is 0 Å². The van der Waals surface area contributed by atoms with Crippen LogP contribution in [0.25, 0.3) is 0 Å². The van der Waals surface area contributed by atoms with Crippen molar-refractivity contribution in [2.75, 3.05) is 11.9 Å². The van der Waals surface area contributed by atoms with Gasteiger partial charge in [0.2, 0.25) is 5.91 Å². The van der Waals surface area contributed by atoms with E-state index in [0.717, 1.165) is 12.1 Å². The lowest BCUT2D eigenvalue weighted by Crippen LogP contribution is -2.26. The zero-order valence-electron chi connectivity index (χ0n) is 12.3. The van der Waals surface area contributed by atoms with Crippen LogP contribution in [0.4, 0.5) is 5.69 Å². The third-order valence-electron chi connectivity index (χ3n) is 3.63. The maximum absolute atomic E-state index is 12.2.